The number of ether oxygens (including phenoxy) is 1. The quantitative estimate of drug-likeness (QED) is 0.262. The normalized spacial score (nSPS) is 15.2. The third-order valence-electron chi connectivity index (χ3n) is 5.35. The number of hydrogen-bond acceptors (Lipinski definition) is 5. The van der Waals surface area contributed by atoms with Crippen molar-refractivity contribution in [2.45, 2.75) is 39.0 Å². The van der Waals surface area contributed by atoms with E-state index < -0.39 is 0 Å². The van der Waals surface area contributed by atoms with Gasteiger partial charge in [-0.3, -0.25) is 4.99 Å². The Morgan fingerprint density at radius 1 is 1.33 bits per heavy atom. The summed E-state index contributed by atoms with van der Waals surface area (Å²) in [5.74, 6) is 1.96. The first kappa shape index (κ1) is 24.9. The Kier molecular flexibility index (Phi) is 10.3. The number of halogens is 2. The van der Waals surface area contributed by atoms with Gasteiger partial charge in [-0.1, -0.05) is 35.3 Å². The van der Waals surface area contributed by atoms with Crippen molar-refractivity contribution >= 4 is 41.5 Å². The van der Waals surface area contributed by atoms with Crippen LogP contribution in [0.2, 0.25) is 5.02 Å². The van der Waals surface area contributed by atoms with E-state index in [1.54, 1.807) is 7.11 Å². The zero-order valence-corrected chi connectivity index (χ0v) is 20.7. The topological polar surface area (TPSA) is 84.6 Å². The van der Waals surface area contributed by atoms with E-state index in [4.69, 9.17) is 25.9 Å². The highest BCUT2D eigenvalue weighted by Crippen LogP contribution is 2.44. The van der Waals surface area contributed by atoms with Crippen LogP contribution >= 0.6 is 35.6 Å². The van der Waals surface area contributed by atoms with Crippen LogP contribution in [0.15, 0.2) is 33.8 Å². The van der Waals surface area contributed by atoms with Gasteiger partial charge in [-0.15, -0.1) is 24.0 Å². The molecule has 9 heteroatoms. The molecule has 2 N–H and O–H groups in total. The Morgan fingerprint density at radius 2 is 2.17 bits per heavy atom. The van der Waals surface area contributed by atoms with Gasteiger partial charge in [-0.2, -0.15) is 4.98 Å². The van der Waals surface area contributed by atoms with Gasteiger partial charge in [0.1, 0.15) is 0 Å². The summed E-state index contributed by atoms with van der Waals surface area (Å²) in [6.07, 6.45) is 5.43. The molecule has 0 aliphatic heterocycles. The van der Waals surface area contributed by atoms with Crippen LogP contribution in [0.5, 0.6) is 0 Å². The second kappa shape index (κ2) is 12.5. The molecule has 0 spiro atoms. The lowest BCUT2D eigenvalue weighted by molar-refractivity contribution is 0.0778. The third kappa shape index (κ3) is 7.09. The van der Waals surface area contributed by atoms with Crippen molar-refractivity contribution < 1.29 is 9.26 Å². The molecule has 1 saturated carbocycles. The van der Waals surface area contributed by atoms with Crippen molar-refractivity contribution in [1.29, 1.82) is 0 Å². The molecule has 2 aromatic rings. The molecule has 0 amide bonds. The highest BCUT2D eigenvalue weighted by molar-refractivity contribution is 14.0. The summed E-state index contributed by atoms with van der Waals surface area (Å²) in [6.45, 7) is 5.16. The minimum Gasteiger partial charge on any atom is -0.385 e. The van der Waals surface area contributed by atoms with Crippen molar-refractivity contribution in [3.63, 3.8) is 0 Å². The summed E-state index contributed by atoms with van der Waals surface area (Å²) in [6, 6.07) is 7.43. The standard InChI is InChI=1S/C21H30ClN5O2.HI/c1-3-23-20(25-15-21(9-5-10-21)11-13-28-2)24-12-8-18-26-19(27-29-18)16-6-4-7-17(22)14-16;/h4,6-7,14H,3,5,8-13,15H2,1-2H3,(H2,23,24,25);1H. The van der Waals surface area contributed by atoms with E-state index in [0.29, 0.717) is 35.1 Å². The smallest absolute Gasteiger partial charge is 0.228 e. The molecule has 7 nitrogen and oxygen atoms in total. The minimum absolute atomic E-state index is 0. The number of aliphatic imine (C=N–C) groups is 1. The molecule has 1 aliphatic rings. The predicted molar refractivity (Wildman–Crippen MR) is 131 cm³/mol. The van der Waals surface area contributed by atoms with Crippen molar-refractivity contribution in [2.24, 2.45) is 10.4 Å². The molecule has 0 saturated heterocycles. The fraction of sp³-hybridized carbons (Fsp3) is 0.571. The molecule has 0 bridgehead atoms. The van der Waals surface area contributed by atoms with E-state index in [2.05, 4.69) is 27.7 Å². The van der Waals surface area contributed by atoms with E-state index in [0.717, 1.165) is 37.6 Å². The van der Waals surface area contributed by atoms with Crippen LogP contribution in [0.25, 0.3) is 11.4 Å². The molecule has 30 heavy (non-hydrogen) atoms. The van der Waals surface area contributed by atoms with Gasteiger partial charge >= 0.3 is 0 Å². The largest absolute Gasteiger partial charge is 0.385 e. The Labute approximate surface area is 200 Å². The van der Waals surface area contributed by atoms with E-state index in [9.17, 15) is 0 Å². The maximum absolute atomic E-state index is 6.03. The Hall–Kier alpha value is -1.39. The second-order valence-corrected chi connectivity index (χ2v) is 7.93. The van der Waals surface area contributed by atoms with Gasteiger partial charge < -0.3 is 19.9 Å². The first-order valence-corrected chi connectivity index (χ1v) is 10.6. The second-order valence-electron chi connectivity index (χ2n) is 7.49. The number of benzene rings is 1. The number of nitrogens with zero attached hydrogens (tertiary/aromatic N) is 3. The van der Waals surface area contributed by atoms with Gasteiger partial charge in [0.15, 0.2) is 5.96 Å². The fourth-order valence-electron chi connectivity index (χ4n) is 3.46. The number of nitrogens with one attached hydrogen (secondary N) is 2. The van der Waals surface area contributed by atoms with Gasteiger partial charge in [0.2, 0.25) is 11.7 Å². The van der Waals surface area contributed by atoms with E-state index in [1.807, 2.05) is 24.3 Å². The number of rotatable bonds is 10. The minimum atomic E-state index is 0. The SMILES string of the molecule is CCNC(=NCC1(CCOC)CCC1)NCCc1nc(-c2cccc(Cl)c2)no1.I. The van der Waals surface area contributed by atoms with Gasteiger partial charge in [-0.05, 0) is 43.7 Å². The van der Waals surface area contributed by atoms with Crippen molar-refractivity contribution in [2.75, 3.05) is 33.4 Å². The van der Waals surface area contributed by atoms with Crippen LogP contribution < -0.4 is 10.6 Å². The number of aromatic nitrogens is 2. The lowest BCUT2D eigenvalue weighted by Crippen LogP contribution is -2.41. The monoisotopic (exact) mass is 547 g/mol. The molecule has 1 aliphatic carbocycles. The van der Waals surface area contributed by atoms with Crippen molar-refractivity contribution in [3.8, 4) is 11.4 Å². The Bertz CT molecular complexity index is 810. The van der Waals surface area contributed by atoms with Crippen LogP contribution in [-0.2, 0) is 11.2 Å². The molecule has 3 rings (SSSR count). The molecule has 1 aromatic heterocycles. The molecular formula is C21H31ClIN5O2. The molecule has 166 valence electrons. The van der Waals surface area contributed by atoms with Gasteiger partial charge in [0, 0.05) is 50.4 Å². The average molecular weight is 548 g/mol. The zero-order valence-electron chi connectivity index (χ0n) is 17.6. The van der Waals surface area contributed by atoms with Gasteiger partial charge in [0.05, 0.1) is 0 Å². The van der Waals surface area contributed by atoms with Crippen LogP contribution in [0.4, 0.5) is 0 Å². The van der Waals surface area contributed by atoms with Crippen LogP contribution in [0.3, 0.4) is 0 Å². The fourth-order valence-corrected chi connectivity index (χ4v) is 3.65. The molecule has 0 unspecified atom stereocenters. The molecule has 1 heterocycles. The lowest BCUT2D eigenvalue weighted by Gasteiger charge is -2.40. The summed E-state index contributed by atoms with van der Waals surface area (Å²) in [5, 5.41) is 11.4. The lowest BCUT2D eigenvalue weighted by atomic mass is 9.67. The van der Waals surface area contributed by atoms with Crippen molar-refractivity contribution in [1.82, 2.24) is 20.8 Å². The van der Waals surface area contributed by atoms with Crippen LogP contribution in [0, 0.1) is 5.41 Å². The number of guanidine groups is 1. The average Bonchev–Trinajstić information content (AvgIpc) is 3.16. The third-order valence-corrected chi connectivity index (χ3v) is 5.58. The summed E-state index contributed by atoms with van der Waals surface area (Å²) in [4.78, 5) is 9.27. The molecule has 0 atom stereocenters. The number of methoxy groups -OCH3 is 1. The van der Waals surface area contributed by atoms with Gasteiger partial charge in [0.25, 0.3) is 0 Å². The Balaban J connectivity index is 0.00000320. The first-order valence-electron chi connectivity index (χ1n) is 10.2. The van der Waals surface area contributed by atoms with Crippen LogP contribution in [0.1, 0.15) is 38.5 Å². The molecule has 0 radical (unpaired) electrons. The maximum Gasteiger partial charge on any atom is 0.228 e. The molecular weight excluding hydrogens is 517 g/mol. The van der Waals surface area contributed by atoms with Gasteiger partial charge in [-0.25, -0.2) is 0 Å². The summed E-state index contributed by atoms with van der Waals surface area (Å²) >= 11 is 6.03. The summed E-state index contributed by atoms with van der Waals surface area (Å²) < 4.78 is 10.6. The van der Waals surface area contributed by atoms with E-state index >= 15 is 0 Å². The molecule has 1 aromatic carbocycles. The van der Waals surface area contributed by atoms with Crippen LogP contribution in [-0.4, -0.2) is 49.5 Å². The highest BCUT2D eigenvalue weighted by Gasteiger charge is 2.36. The predicted octanol–water partition coefficient (Wildman–Crippen LogP) is 4.31. The van der Waals surface area contributed by atoms with E-state index in [1.165, 1.54) is 19.3 Å². The molecule has 1 fully saturated rings. The zero-order chi connectivity index (χ0) is 20.5. The first-order chi connectivity index (χ1) is 14.1. The van der Waals surface area contributed by atoms with E-state index in [-0.39, 0.29) is 24.0 Å². The maximum atomic E-state index is 6.03. The Morgan fingerprint density at radius 3 is 2.83 bits per heavy atom. The summed E-state index contributed by atoms with van der Waals surface area (Å²) in [5.41, 5.74) is 1.15. The number of hydrogen-bond donors (Lipinski definition) is 2. The highest BCUT2D eigenvalue weighted by atomic mass is 127. The summed E-state index contributed by atoms with van der Waals surface area (Å²) in [7, 11) is 1.76. The van der Waals surface area contributed by atoms with Crippen molar-refractivity contribution in [3.05, 3.63) is 35.2 Å².